The van der Waals surface area contributed by atoms with Gasteiger partial charge < -0.3 is 24.4 Å². The number of aliphatic carboxylic acids is 2. The summed E-state index contributed by atoms with van der Waals surface area (Å²) in [4.78, 5) is 38.6. The molecule has 62 heavy (non-hydrogen) atoms. The van der Waals surface area contributed by atoms with E-state index < -0.39 is 41.8 Å². The molecule has 9 nitrogen and oxygen atoms in total. The first-order valence-corrected chi connectivity index (χ1v) is 22.6. The van der Waals surface area contributed by atoms with E-state index in [1.165, 1.54) is 33.0 Å². The molecule has 0 fully saturated rings. The second kappa shape index (κ2) is 17.8. The monoisotopic (exact) mass is 884 g/mol. The highest BCUT2D eigenvalue weighted by Crippen LogP contribution is 2.47. The van der Waals surface area contributed by atoms with E-state index in [9.17, 15) is 28.6 Å². The van der Waals surface area contributed by atoms with E-state index in [0.717, 1.165) is 74.8 Å². The van der Waals surface area contributed by atoms with Gasteiger partial charge in [-0.15, -0.1) is 22.7 Å². The van der Waals surface area contributed by atoms with Gasteiger partial charge in [0.2, 0.25) is 0 Å². The maximum absolute atomic E-state index is 13.2. The Morgan fingerprint density at radius 2 is 1.13 bits per heavy atom. The number of ether oxygens (including phenoxy) is 3. The lowest BCUT2D eigenvalue weighted by Gasteiger charge is -2.28. The number of carboxylic acids is 2. The van der Waals surface area contributed by atoms with Crippen LogP contribution in [0.4, 0.5) is 8.78 Å². The lowest BCUT2D eigenvalue weighted by atomic mass is 9.87. The Morgan fingerprint density at radius 3 is 1.60 bits per heavy atom. The number of alkyl halides is 2. The van der Waals surface area contributed by atoms with Crippen molar-refractivity contribution in [2.75, 3.05) is 6.61 Å². The highest BCUT2D eigenvalue weighted by molar-refractivity contribution is 7.19. The standard InChI is InChI=1S/C25H27F2NO3S.C24H27NO4S/c1-13-18(21(24(29)30)31-25(2,3)4)19(14-9-11-15(12-10-14)22(26)27)20-16-7-5-6-8-17(16)32-23(20)28-13;1-13-6-8-15(9-7-13)19-18(21(23(26)27)29-24(3,4)5)14(2)25-22-20(19)16-10-11-28-12-17(16)30-22/h9-12,21-22H,5-8H2,1-4H3,(H,29,30);6-9,21H,10-12H2,1-5H3,(H,26,27). The van der Waals surface area contributed by atoms with Crippen LogP contribution in [0.25, 0.3) is 42.7 Å². The molecule has 8 rings (SSSR count). The Morgan fingerprint density at radius 1 is 0.677 bits per heavy atom. The van der Waals surface area contributed by atoms with Gasteiger partial charge in [0.15, 0.2) is 12.2 Å². The Hall–Kier alpha value is -4.66. The second-order valence-corrected chi connectivity index (χ2v) is 20.2. The molecule has 0 saturated carbocycles. The van der Waals surface area contributed by atoms with Crippen LogP contribution in [0, 0.1) is 20.8 Å². The van der Waals surface area contributed by atoms with E-state index in [-0.39, 0.29) is 5.56 Å². The van der Waals surface area contributed by atoms with Crippen LogP contribution < -0.4 is 0 Å². The zero-order valence-electron chi connectivity index (χ0n) is 36.7. The van der Waals surface area contributed by atoms with Crippen LogP contribution in [0.15, 0.2) is 48.5 Å². The van der Waals surface area contributed by atoms with Crippen molar-refractivity contribution in [3.8, 4) is 22.3 Å². The minimum Gasteiger partial charge on any atom is -0.479 e. The van der Waals surface area contributed by atoms with Gasteiger partial charge in [-0.1, -0.05) is 54.1 Å². The number of hydrogen-bond acceptors (Lipinski definition) is 9. The summed E-state index contributed by atoms with van der Waals surface area (Å²) in [7, 11) is 0. The summed E-state index contributed by atoms with van der Waals surface area (Å²) in [6.45, 7) is 18.0. The zero-order chi connectivity index (χ0) is 44.8. The lowest BCUT2D eigenvalue weighted by Crippen LogP contribution is -2.28. The normalized spacial score (nSPS) is 15.2. The molecular formula is C49H54F2N2O7S2. The van der Waals surface area contributed by atoms with E-state index in [4.69, 9.17) is 24.2 Å². The van der Waals surface area contributed by atoms with Crippen molar-refractivity contribution in [2.45, 2.75) is 131 Å². The van der Waals surface area contributed by atoms with Crippen LogP contribution >= 0.6 is 22.7 Å². The molecule has 2 unspecified atom stereocenters. The molecule has 2 aliphatic rings. The molecular weight excluding hydrogens is 831 g/mol. The number of aromatic nitrogens is 2. The fraction of sp³-hybridized carbons (Fsp3) is 0.429. The van der Waals surface area contributed by atoms with Crippen molar-refractivity contribution in [2.24, 2.45) is 0 Å². The van der Waals surface area contributed by atoms with E-state index in [1.54, 1.807) is 41.7 Å². The third kappa shape index (κ3) is 9.47. The molecule has 2 atom stereocenters. The number of aryl methyl sites for hydroxylation is 5. The topological polar surface area (TPSA) is 128 Å². The molecule has 0 radical (unpaired) electrons. The molecule has 328 valence electrons. The molecule has 13 heteroatoms. The predicted molar refractivity (Wildman–Crippen MR) is 242 cm³/mol. The van der Waals surface area contributed by atoms with Crippen molar-refractivity contribution in [3.05, 3.63) is 103 Å². The Kier molecular flexibility index (Phi) is 13.1. The Labute approximate surface area is 369 Å². The molecule has 1 aliphatic heterocycles. The highest BCUT2D eigenvalue weighted by Gasteiger charge is 2.36. The van der Waals surface area contributed by atoms with Crippen LogP contribution in [0.3, 0.4) is 0 Å². The van der Waals surface area contributed by atoms with E-state index in [2.05, 4.69) is 24.3 Å². The van der Waals surface area contributed by atoms with E-state index >= 15 is 0 Å². The van der Waals surface area contributed by atoms with Gasteiger partial charge in [0, 0.05) is 59.7 Å². The first-order chi connectivity index (χ1) is 29.2. The number of rotatable bonds is 9. The molecule has 5 heterocycles. The van der Waals surface area contributed by atoms with Gasteiger partial charge >= 0.3 is 11.9 Å². The SMILES string of the molecule is Cc1ccc(-c2c(C(OC(C)(C)C)C(=O)O)c(C)nc3sc4c(c23)CCOC4)cc1.Cc1nc2sc3c(c2c(-c2ccc(C(F)F)cc2)c1C(OC(C)(C)C)C(=O)O)CCCC3. The summed E-state index contributed by atoms with van der Waals surface area (Å²) in [5, 5.41) is 22.2. The van der Waals surface area contributed by atoms with Gasteiger partial charge in [0.05, 0.1) is 24.4 Å². The number of hydrogen-bond donors (Lipinski definition) is 2. The summed E-state index contributed by atoms with van der Waals surface area (Å²) in [6, 6.07) is 14.4. The fourth-order valence-electron chi connectivity index (χ4n) is 8.43. The molecule has 4 aromatic heterocycles. The number of halogens is 2. The molecule has 0 saturated heterocycles. The second-order valence-electron chi connectivity index (χ2n) is 18.0. The molecule has 0 bridgehead atoms. The van der Waals surface area contributed by atoms with Crippen LogP contribution in [0.1, 0.15) is 128 Å². The molecule has 2 aromatic carbocycles. The summed E-state index contributed by atoms with van der Waals surface area (Å²) in [5.74, 6) is -2.10. The predicted octanol–water partition coefficient (Wildman–Crippen LogP) is 12.6. The van der Waals surface area contributed by atoms with E-state index in [1.807, 2.05) is 55.4 Å². The number of pyridine rings is 2. The highest BCUT2D eigenvalue weighted by atomic mass is 32.1. The zero-order valence-corrected chi connectivity index (χ0v) is 38.3. The van der Waals surface area contributed by atoms with Gasteiger partial charge in [-0.3, -0.25) is 0 Å². The van der Waals surface area contributed by atoms with Gasteiger partial charge in [-0.25, -0.2) is 28.3 Å². The number of carboxylic acid groups (broad SMARTS) is 2. The molecule has 2 N–H and O–H groups in total. The van der Waals surface area contributed by atoms with Gasteiger partial charge in [0.1, 0.15) is 9.66 Å². The van der Waals surface area contributed by atoms with Crippen molar-refractivity contribution in [3.63, 3.8) is 0 Å². The van der Waals surface area contributed by atoms with Crippen molar-refractivity contribution < 1.29 is 42.8 Å². The van der Waals surface area contributed by atoms with Crippen LogP contribution in [0.5, 0.6) is 0 Å². The summed E-state index contributed by atoms with van der Waals surface area (Å²) in [5.41, 5.74) is 7.98. The summed E-state index contributed by atoms with van der Waals surface area (Å²) < 4.78 is 44.1. The first kappa shape index (κ1) is 45.4. The minimum absolute atomic E-state index is 0.0644. The van der Waals surface area contributed by atoms with Crippen LogP contribution in [-0.4, -0.2) is 49.9 Å². The van der Waals surface area contributed by atoms with Gasteiger partial charge in [-0.2, -0.15) is 0 Å². The minimum atomic E-state index is -2.56. The van der Waals surface area contributed by atoms with Crippen LogP contribution in [0.2, 0.25) is 0 Å². The lowest BCUT2D eigenvalue weighted by molar-refractivity contribution is -0.161. The van der Waals surface area contributed by atoms with Gasteiger partial charge in [0.25, 0.3) is 6.43 Å². The average molecular weight is 885 g/mol. The van der Waals surface area contributed by atoms with Crippen molar-refractivity contribution in [1.82, 2.24) is 9.97 Å². The summed E-state index contributed by atoms with van der Waals surface area (Å²) >= 11 is 3.30. The third-order valence-electron chi connectivity index (χ3n) is 11.0. The smallest absolute Gasteiger partial charge is 0.337 e. The maximum Gasteiger partial charge on any atom is 0.337 e. The Balaban J connectivity index is 0.000000187. The molecule has 1 aliphatic carbocycles. The molecule has 6 aromatic rings. The molecule has 0 amide bonds. The molecule has 0 spiro atoms. The number of thiophene rings is 2. The van der Waals surface area contributed by atoms with Crippen molar-refractivity contribution >= 4 is 55.0 Å². The summed E-state index contributed by atoms with van der Waals surface area (Å²) in [6.07, 6.45) is -0.0239. The maximum atomic E-state index is 13.2. The third-order valence-corrected chi connectivity index (χ3v) is 13.3. The first-order valence-electron chi connectivity index (χ1n) is 21.0. The van der Waals surface area contributed by atoms with E-state index in [0.29, 0.717) is 41.3 Å². The van der Waals surface area contributed by atoms with Crippen molar-refractivity contribution in [1.29, 1.82) is 0 Å². The number of fused-ring (bicyclic) bond motifs is 6. The number of nitrogens with zero attached hydrogens (tertiary/aromatic N) is 2. The average Bonchev–Trinajstić information content (AvgIpc) is 3.75. The fourth-order valence-corrected chi connectivity index (χ4v) is 11.0. The quantitative estimate of drug-likeness (QED) is 0.146. The van der Waals surface area contributed by atoms with Gasteiger partial charge in [-0.05, 0) is 117 Å². The number of carbonyl (C=O) groups is 2. The largest absolute Gasteiger partial charge is 0.479 e. The Bertz CT molecular complexity index is 2640. The van der Waals surface area contributed by atoms with Crippen LogP contribution in [-0.2, 0) is 49.7 Å². The number of benzene rings is 2.